The molecule has 0 aliphatic heterocycles. The van der Waals surface area contributed by atoms with Crippen LogP contribution in [0.4, 0.5) is 0 Å². The van der Waals surface area contributed by atoms with E-state index in [4.69, 9.17) is 0 Å². The van der Waals surface area contributed by atoms with E-state index in [0.29, 0.717) is 24.3 Å². The second-order valence-corrected chi connectivity index (χ2v) is 5.55. The number of rotatable bonds is 7. The molecule has 3 N–H and O–H groups in total. The van der Waals surface area contributed by atoms with Crippen LogP contribution in [0.1, 0.15) is 41.3 Å². The average Bonchev–Trinajstić information content (AvgIpc) is 3.15. The van der Waals surface area contributed by atoms with Crippen molar-refractivity contribution in [3.63, 3.8) is 0 Å². The number of nitrogens with one attached hydrogen (secondary N) is 3. The molecule has 0 aromatic carbocycles. The highest BCUT2D eigenvalue weighted by molar-refractivity contribution is 7.12. The zero-order chi connectivity index (χ0) is 15.1. The number of hydrogen-bond acceptors (Lipinski definition) is 4. The number of imidazole rings is 1. The fourth-order valence-corrected chi connectivity index (χ4v) is 2.48. The van der Waals surface area contributed by atoms with Crippen molar-refractivity contribution in [2.45, 2.75) is 25.8 Å². The second kappa shape index (κ2) is 7.58. The summed E-state index contributed by atoms with van der Waals surface area (Å²) in [6, 6.07) is 3.47. The van der Waals surface area contributed by atoms with Crippen LogP contribution >= 0.6 is 11.3 Å². The van der Waals surface area contributed by atoms with Crippen LogP contribution in [0, 0.1) is 0 Å². The number of hydrogen-bond donors (Lipinski definition) is 3. The summed E-state index contributed by atoms with van der Waals surface area (Å²) in [7, 11) is 0. The number of nitrogens with zero attached hydrogens (tertiary/aromatic N) is 1. The Kier molecular flexibility index (Phi) is 5.51. The van der Waals surface area contributed by atoms with Gasteiger partial charge in [0.2, 0.25) is 5.91 Å². The minimum atomic E-state index is -0.145. The summed E-state index contributed by atoms with van der Waals surface area (Å²) in [5.74, 6) is 0.591. The van der Waals surface area contributed by atoms with Gasteiger partial charge >= 0.3 is 0 Å². The molecule has 21 heavy (non-hydrogen) atoms. The highest BCUT2D eigenvalue weighted by Crippen LogP contribution is 2.08. The molecule has 0 saturated heterocycles. The van der Waals surface area contributed by atoms with Gasteiger partial charge in [-0.05, 0) is 24.8 Å². The summed E-state index contributed by atoms with van der Waals surface area (Å²) in [4.78, 5) is 31.2. The normalized spacial score (nSPS) is 11.9. The van der Waals surface area contributed by atoms with E-state index < -0.39 is 0 Å². The van der Waals surface area contributed by atoms with E-state index in [0.717, 1.165) is 5.82 Å². The van der Waals surface area contributed by atoms with Gasteiger partial charge in [-0.15, -0.1) is 11.3 Å². The van der Waals surface area contributed by atoms with Gasteiger partial charge in [-0.25, -0.2) is 4.98 Å². The Hall–Kier alpha value is -2.15. The zero-order valence-electron chi connectivity index (χ0n) is 11.8. The van der Waals surface area contributed by atoms with Gasteiger partial charge in [0.05, 0.1) is 10.9 Å². The maximum atomic E-state index is 11.8. The van der Waals surface area contributed by atoms with E-state index in [2.05, 4.69) is 20.6 Å². The molecule has 7 heteroatoms. The molecule has 0 aliphatic carbocycles. The summed E-state index contributed by atoms with van der Waals surface area (Å²) in [5, 5.41) is 7.51. The molecule has 6 nitrogen and oxygen atoms in total. The first-order chi connectivity index (χ1) is 10.2. The Morgan fingerprint density at radius 2 is 2.33 bits per heavy atom. The van der Waals surface area contributed by atoms with Gasteiger partial charge in [0.15, 0.2) is 0 Å². The minimum absolute atomic E-state index is 0.0516. The molecule has 2 heterocycles. The van der Waals surface area contributed by atoms with Crippen LogP contribution in [-0.4, -0.2) is 28.3 Å². The Labute approximate surface area is 127 Å². The van der Waals surface area contributed by atoms with Crippen molar-refractivity contribution >= 4 is 23.2 Å². The van der Waals surface area contributed by atoms with Crippen molar-refractivity contribution in [2.75, 3.05) is 6.54 Å². The highest BCUT2D eigenvalue weighted by Gasteiger charge is 2.11. The van der Waals surface area contributed by atoms with E-state index in [1.807, 2.05) is 18.4 Å². The number of H-pyrrole nitrogens is 1. The number of amides is 2. The van der Waals surface area contributed by atoms with Crippen LogP contribution in [0.2, 0.25) is 0 Å². The third-order valence-corrected chi connectivity index (χ3v) is 3.79. The predicted molar refractivity (Wildman–Crippen MR) is 81.0 cm³/mol. The minimum Gasteiger partial charge on any atom is -0.351 e. The van der Waals surface area contributed by atoms with Crippen LogP contribution in [0.25, 0.3) is 0 Å². The Morgan fingerprint density at radius 3 is 3.00 bits per heavy atom. The maximum absolute atomic E-state index is 11.8. The molecule has 0 saturated carbocycles. The standard InChI is InChI=1S/C14H18N4O2S/c1-10(13-15-7-8-16-13)18-12(19)5-2-6-17-14(20)11-4-3-9-21-11/h3-4,7-10H,2,5-6H2,1H3,(H,15,16)(H,17,20)(H,18,19). The Balaban J connectivity index is 1.62. The van der Waals surface area contributed by atoms with E-state index in [1.54, 1.807) is 18.5 Å². The number of carbonyl (C=O) groups excluding carboxylic acids is 2. The van der Waals surface area contributed by atoms with E-state index >= 15 is 0 Å². The average molecular weight is 306 g/mol. The molecule has 0 spiro atoms. The van der Waals surface area contributed by atoms with Crippen molar-refractivity contribution in [2.24, 2.45) is 0 Å². The molecule has 0 fully saturated rings. The lowest BCUT2D eigenvalue weighted by atomic mass is 10.2. The van der Waals surface area contributed by atoms with Crippen molar-refractivity contribution in [1.82, 2.24) is 20.6 Å². The number of thiophene rings is 1. The first-order valence-electron chi connectivity index (χ1n) is 6.77. The van der Waals surface area contributed by atoms with Gasteiger partial charge in [0, 0.05) is 25.4 Å². The molecule has 2 aromatic heterocycles. The lowest BCUT2D eigenvalue weighted by Gasteiger charge is -2.11. The van der Waals surface area contributed by atoms with Gasteiger partial charge in [-0.1, -0.05) is 6.07 Å². The predicted octanol–water partition coefficient (Wildman–Crippen LogP) is 1.86. The molecule has 1 atom stereocenters. The summed E-state index contributed by atoms with van der Waals surface area (Å²) in [6.45, 7) is 2.36. The van der Waals surface area contributed by atoms with Gasteiger partial charge in [0.1, 0.15) is 5.82 Å². The third kappa shape index (κ3) is 4.71. The van der Waals surface area contributed by atoms with Crippen LogP contribution in [0.5, 0.6) is 0 Å². The fraction of sp³-hybridized carbons (Fsp3) is 0.357. The first kappa shape index (κ1) is 15.2. The van der Waals surface area contributed by atoms with Crippen molar-refractivity contribution in [3.8, 4) is 0 Å². The van der Waals surface area contributed by atoms with Gasteiger partial charge in [-0.2, -0.15) is 0 Å². The lowest BCUT2D eigenvalue weighted by Crippen LogP contribution is -2.29. The van der Waals surface area contributed by atoms with Crippen LogP contribution in [-0.2, 0) is 4.79 Å². The third-order valence-electron chi connectivity index (χ3n) is 2.92. The summed E-state index contributed by atoms with van der Waals surface area (Å²) in [5.41, 5.74) is 0. The largest absolute Gasteiger partial charge is 0.351 e. The second-order valence-electron chi connectivity index (χ2n) is 4.60. The summed E-state index contributed by atoms with van der Waals surface area (Å²) >= 11 is 1.40. The lowest BCUT2D eigenvalue weighted by molar-refractivity contribution is -0.121. The zero-order valence-corrected chi connectivity index (χ0v) is 12.6. The van der Waals surface area contributed by atoms with Crippen molar-refractivity contribution < 1.29 is 9.59 Å². The monoisotopic (exact) mass is 306 g/mol. The molecule has 2 amide bonds. The van der Waals surface area contributed by atoms with E-state index in [-0.39, 0.29) is 17.9 Å². The van der Waals surface area contributed by atoms with Crippen LogP contribution in [0.15, 0.2) is 29.9 Å². The molecule has 0 radical (unpaired) electrons. The highest BCUT2D eigenvalue weighted by atomic mass is 32.1. The molecule has 0 aliphatic rings. The van der Waals surface area contributed by atoms with E-state index in [1.165, 1.54) is 11.3 Å². The molecular weight excluding hydrogens is 288 g/mol. The fourth-order valence-electron chi connectivity index (χ4n) is 1.84. The maximum Gasteiger partial charge on any atom is 0.261 e. The number of carbonyl (C=O) groups is 2. The Morgan fingerprint density at radius 1 is 1.48 bits per heavy atom. The van der Waals surface area contributed by atoms with Gasteiger partial charge < -0.3 is 15.6 Å². The first-order valence-corrected chi connectivity index (χ1v) is 7.65. The molecule has 1 unspecified atom stereocenters. The Bertz CT molecular complexity index is 566. The molecule has 0 bridgehead atoms. The quantitative estimate of drug-likeness (QED) is 0.682. The molecule has 112 valence electrons. The summed E-state index contributed by atoms with van der Waals surface area (Å²) in [6.07, 6.45) is 4.35. The van der Waals surface area contributed by atoms with Crippen molar-refractivity contribution in [1.29, 1.82) is 0 Å². The molecule has 2 rings (SSSR count). The molecule has 2 aromatic rings. The summed E-state index contributed by atoms with van der Waals surface area (Å²) < 4.78 is 0. The number of aromatic nitrogens is 2. The smallest absolute Gasteiger partial charge is 0.261 e. The molecular formula is C14H18N4O2S. The van der Waals surface area contributed by atoms with Crippen LogP contribution in [0.3, 0.4) is 0 Å². The van der Waals surface area contributed by atoms with Crippen LogP contribution < -0.4 is 10.6 Å². The number of aromatic amines is 1. The topological polar surface area (TPSA) is 86.9 Å². The SMILES string of the molecule is CC(NC(=O)CCCNC(=O)c1cccs1)c1ncc[nH]1. The van der Waals surface area contributed by atoms with Gasteiger partial charge in [0.25, 0.3) is 5.91 Å². The van der Waals surface area contributed by atoms with Crippen molar-refractivity contribution in [3.05, 3.63) is 40.6 Å². The van der Waals surface area contributed by atoms with E-state index in [9.17, 15) is 9.59 Å². The van der Waals surface area contributed by atoms with Gasteiger partial charge in [-0.3, -0.25) is 9.59 Å².